The van der Waals surface area contributed by atoms with Gasteiger partial charge in [0.15, 0.2) is 0 Å². The number of carbonyl (C=O) groups excluding carboxylic acids is 2. The first-order valence-electron chi connectivity index (χ1n) is 5.52. The maximum Gasteiger partial charge on any atom is 0.490 e. The molecule has 19 heavy (non-hydrogen) atoms. The van der Waals surface area contributed by atoms with E-state index in [4.69, 9.17) is 4.74 Å². The quantitative estimate of drug-likeness (QED) is 0.574. The maximum absolute atomic E-state index is 12.1. The molecular formula is C12H17F3O4. The summed E-state index contributed by atoms with van der Waals surface area (Å²) in [5, 5.41) is 0. The predicted molar refractivity (Wildman–Crippen MR) is 61.2 cm³/mol. The summed E-state index contributed by atoms with van der Waals surface area (Å²) in [4.78, 5) is 21.9. The Hall–Kier alpha value is -1.53. The standard InChI is InChI=1S/C12H17F3O4/c1-7(2)9(16)18-8(3)6-11(4,5)19-10(17)12(13,14)15/h8H,1,6H2,2-5H3. The molecule has 0 aromatic rings. The molecule has 0 radical (unpaired) electrons. The molecule has 0 rings (SSSR count). The van der Waals surface area contributed by atoms with Gasteiger partial charge in [-0.05, 0) is 27.7 Å². The molecule has 1 unspecified atom stereocenters. The van der Waals surface area contributed by atoms with Crippen LogP contribution >= 0.6 is 0 Å². The van der Waals surface area contributed by atoms with Gasteiger partial charge in [0, 0.05) is 12.0 Å². The first-order valence-corrected chi connectivity index (χ1v) is 5.52. The summed E-state index contributed by atoms with van der Waals surface area (Å²) >= 11 is 0. The summed E-state index contributed by atoms with van der Waals surface area (Å²) in [5.74, 6) is -2.92. The van der Waals surface area contributed by atoms with E-state index in [2.05, 4.69) is 11.3 Å². The van der Waals surface area contributed by atoms with Crippen LogP contribution in [0.4, 0.5) is 13.2 Å². The Bertz CT molecular complexity index is 372. The van der Waals surface area contributed by atoms with Crippen LogP contribution in [0.3, 0.4) is 0 Å². The average Bonchev–Trinajstić information content (AvgIpc) is 2.13. The van der Waals surface area contributed by atoms with Crippen molar-refractivity contribution in [2.24, 2.45) is 0 Å². The molecule has 0 bridgehead atoms. The van der Waals surface area contributed by atoms with Crippen LogP contribution in [0.5, 0.6) is 0 Å². The van der Waals surface area contributed by atoms with E-state index < -0.39 is 29.8 Å². The normalized spacial score (nSPS) is 13.6. The van der Waals surface area contributed by atoms with E-state index in [0.29, 0.717) is 0 Å². The van der Waals surface area contributed by atoms with E-state index >= 15 is 0 Å². The number of hydrogen-bond acceptors (Lipinski definition) is 4. The van der Waals surface area contributed by atoms with Crippen LogP contribution in [0.2, 0.25) is 0 Å². The number of esters is 2. The number of halogens is 3. The molecule has 110 valence electrons. The fraction of sp³-hybridized carbons (Fsp3) is 0.667. The number of alkyl halides is 3. The molecule has 0 aliphatic carbocycles. The van der Waals surface area contributed by atoms with Crippen molar-refractivity contribution in [1.82, 2.24) is 0 Å². The zero-order valence-corrected chi connectivity index (χ0v) is 11.3. The monoisotopic (exact) mass is 282 g/mol. The van der Waals surface area contributed by atoms with Gasteiger partial charge in [0.2, 0.25) is 0 Å². The van der Waals surface area contributed by atoms with Crippen molar-refractivity contribution in [3.8, 4) is 0 Å². The lowest BCUT2D eigenvalue weighted by Gasteiger charge is -2.28. The van der Waals surface area contributed by atoms with Crippen molar-refractivity contribution in [3.63, 3.8) is 0 Å². The van der Waals surface area contributed by atoms with E-state index in [-0.39, 0.29) is 12.0 Å². The van der Waals surface area contributed by atoms with E-state index in [1.807, 2.05) is 0 Å². The third-order valence-corrected chi connectivity index (χ3v) is 2.04. The van der Waals surface area contributed by atoms with Gasteiger partial charge in [0.1, 0.15) is 11.7 Å². The van der Waals surface area contributed by atoms with Gasteiger partial charge in [-0.1, -0.05) is 6.58 Å². The largest absolute Gasteiger partial charge is 0.490 e. The summed E-state index contributed by atoms with van der Waals surface area (Å²) in [6.45, 7) is 8.93. The topological polar surface area (TPSA) is 52.6 Å². The van der Waals surface area contributed by atoms with Crippen LogP contribution in [0.15, 0.2) is 12.2 Å². The fourth-order valence-corrected chi connectivity index (χ4v) is 1.37. The van der Waals surface area contributed by atoms with Crippen LogP contribution in [0.25, 0.3) is 0 Å². The lowest BCUT2D eigenvalue weighted by molar-refractivity contribution is -0.213. The molecular weight excluding hydrogens is 265 g/mol. The zero-order chi connectivity index (χ0) is 15.4. The second-order valence-corrected chi connectivity index (χ2v) is 4.85. The van der Waals surface area contributed by atoms with Crippen LogP contribution in [-0.4, -0.2) is 29.8 Å². The van der Waals surface area contributed by atoms with E-state index in [1.54, 1.807) is 0 Å². The number of carbonyl (C=O) groups is 2. The van der Waals surface area contributed by atoms with Gasteiger partial charge in [0.25, 0.3) is 0 Å². The molecule has 0 aromatic heterocycles. The fourth-order valence-electron chi connectivity index (χ4n) is 1.37. The van der Waals surface area contributed by atoms with Gasteiger partial charge in [-0.2, -0.15) is 13.2 Å². The average molecular weight is 282 g/mol. The van der Waals surface area contributed by atoms with Gasteiger partial charge in [-0.15, -0.1) is 0 Å². The van der Waals surface area contributed by atoms with Crippen LogP contribution < -0.4 is 0 Å². The minimum atomic E-state index is -5.05. The van der Waals surface area contributed by atoms with E-state index in [1.165, 1.54) is 27.7 Å². The van der Waals surface area contributed by atoms with Crippen LogP contribution in [0.1, 0.15) is 34.1 Å². The molecule has 0 spiro atoms. The van der Waals surface area contributed by atoms with Crippen LogP contribution in [-0.2, 0) is 19.1 Å². The highest BCUT2D eigenvalue weighted by Crippen LogP contribution is 2.25. The van der Waals surface area contributed by atoms with Crippen molar-refractivity contribution in [3.05, 3.63) is 12.2 Å². The van der Waals surface area contributed by atoms with Gasteiger partial charge in [-0.25, -0.2) is 9.59 Å². The summed E-state index contributed by atoms with van der Waals surface area (Å²) in [7, 11) is 0. The summed E-state index contributed by atoms with van der Waals surface area (Å²) < 4.78 is 45.4. The molecule has 0 aromatic carbocycles. The first-order chi connectivity index (χ1) is 8.35. The van der Waals surface area contributed by atoms with E-state index in [0.717, 1.165) is 0 Å². The molecule has 0 aliphatic heterocycles. The van der Waals surface area contributed by atoms with Gasteiger partial charge in [-0.3, -0.25) is 0 Å². The molecule has 0 amide bonds. The Morgan fingerprint density at radius 3 is 2.11 bits per heavy atom. The Balaban J connectivity index is 4.48. The highest BCUT2D eigenvalue weighted by atomic mass is 19.4. The SMILES string of the molecule is C=C(C)C(=O)OC(C)CC(C)(C)OC(=O)C(F)(F)F. The summed E-state index contributed by atoms with van der Waals surface area (Å²) in [6, 6.07) is 0. The predicted octanol–water partition coefficient (Wildman–Crippen LogP) is 2.77. The van der Waals surface area contributed by atoms with Crippen molar-refractivity contribution < 1.29 is 32.2 Å². The molecule has 7 heteroatoms. The van der Waals surface area contributed by atoms with Crippen molar-refractivity contribution in [2.45, 2.75) is 52.0 Å². The molecule has 0 saturated heterocycles. The number of ether oxygens (including phenoxy) is 2. The first kappa shape index (κ1) is 17.5. The summed E-state index contributed by atoms with van der Waals surface area (Å²) in [5.41, 5.74) is -1.22. The molecule has 4 nitrogen and oxygen atoms in total. The van der Waals surface area contributed by atoms with Crippen molar-refractivity contribution >= 4 is 11.9 Å². The Labute approximate surface area is 109 Å². The minimum absolute atomic E-state index is 0.0617. The molecule has 0 saturated carbocycles. The molecule has 1 atom stereocenters. The van der Waals surface area contributed by atoms with Gasteiger partial charge in [0.05, 0.1) is 0 Å². The molecule has 0 fully saturated rings. The highest BCUT2D eigenvalue weighted by Gasteiger charge is 2.44. The van der Waals surface area contributed by atoms with Crippen molar-refractivity contribution in [1.29, 1.82) is 0 Å². The second-order valence-electron chi connectivity index (χ2n) is 4.85. The van der Waals surface area contributed by atoms with Gasteiger partial charge >= 0.3 is 18.1 Å². The Kier molecular flexibility index (Phi) is 5.59. The highest BCUT2D eigenvalue weighted by molar-refractivity contribution is 5.87. The van der Waals surface area contributed by atoms with E-state index in [9.17, 15) is 22.8 Å². The maximum atomic E-state index is 12.1. The molecule has 0 N–H and O–H groups in total. The Morgan fingerprint density at radius 2 is 1.74 bits per heavy atom. The minimum Gasteiger partial charge on any atom is -0.459 e. The lowest BCUT2D eigenvalue weighted by atomic mass is 10.0. The smallest absolute Gasteiger partial charge is 0.459 e. The number of rotatable bonds is 5. The third-order valence-electron chi connectivity index (χ3n) is 2.04. The molecule has 0 heterocycles. The van der Waals surface area contributed by atoms with Gasteiger partial charge < -0.3 is 9.47 Å². The number of hydrogen-bond donors (Lipinski definition) is 0. The third kappa shape index (κ3) is 6.83. The second kappa shape index (κ2) is 6.08. The molecule has 0 aliphatic rings. The summed E-state index contributed by atoms with van der Waals surface area (Å²) in [6.07, 6.45) is -5.82. The lowest BCUT2D eigenvalue weighted by Crippen LogP contribution is -2.38. The Morgan fingerprint density at radius 1 is 1.26 bits per heavy atom. The van der Waals surface area contributed by atoms with Crippen LogP contribution in [0, 0.1) is 0 Å². The van der Waals surface area contributed by atoms with Crippen molar-refractivity contribution in [2.75, 3.05) is 0 Å². The zero-order valence-electron chi connectivity index (χ0n) is 11.3.